The fourth-order valence-corrected chi connectivity index (χ4v) is 4.38. The lowest BCUT2D eigenvalue weighted by Gasteiger charge is -2.21. The number of aromatic nitrogens is 1. The van der Waals surface area contributed by atoms with Crippen LogP contribution in [-0.2, 0) is 14.8 Å². The molecular weight excluding hydrogens is 448 g/mol. The third-order valence-electron chi connectivity index (χ3n) is 5.41. The molecule has 0 saturated carbocycles. The molecule has 170 valence electrons. The summed E-state index contributed by atoms with van der Waals surface area (Å²) in [5, 5.41) is 6.31. The van der Waals surface area contributed by atoms with E-state index in [1.54, 1.807) is 26.0 Å². The van der Waals surface area contributed by atoms with Gasteiger partial charge in [0, 0.05) is 11.3 Å². The van der Waals surface area contributed by atoms with Gasteiger partial charge in [-0.25, -0.2) is 13.1 Å². The van der Waals surface area contributed by atoms with Crippen LogP contribution in [0.1, 0.15) is 38.9 Å². The molecule has 0 fully saturated rings. The molecule has 2 N–H and O–H groups in total. The average Bonchev–Trinajstić information content (AvgIpc) is 3.24. The van der Waals surface area contributed by atoms with Crippen molar-refractivity contribution in [3.63, 3.8) is 0 Å². The molecule has 1 atom stereocenters. The van der Waals surface area contributed by atoms with Gasteiger partial charge >= 0.3 is 0 Å². The first-order valence-corrected chi connectivity index (χ1v) is 11.4. The van der Waals surface area contributed by atoms with Gasteiger partial charge in [-0.15, -0.1) is 0 Å². The van der Waals surface area contributed by atoms with Crippen molar-refractivity contribution in [2.24, 2.45) is 0 Å². The average molecular weight is 468 g/mol. The van der Waals surface area contributed by atoms with Gasteiger partial charge in [-0.05, 0) is 57.2 Å². The lowest BCUT2D eigenvalue weighted by Crippen LogP contribution is -2.45. The zero-order valence-corrected chi connectivity index (χ0v) is 18.8. The smallest absolute Gasteiger partial charge is 0.264 e. The number of sulfonamides is 1. The summed E-state index contributed by atoms with van der Waals surface area (Å²) in [5.41, 5.74) is 1.94. The predicted molar refractivity (Wildman–Crippen MR) is 118 cm³/mol. The van der Waals surface area contributed by atoms with Crippen LogP contribution in [0.2, 0.25) is 0 Å². The highest BCUT2D eigenvalue weighted by Gasteiger charge is 2.40. The Morgan fingerprint density at radius 1 is 1.00 bits per heavy atom. The summed E-state index contributed by atoms with van der Waals surface area (Å²) in [6.07, 6.45) is 0. The summed E-state index contributed by atoms with van der Waals surface area (Å²) in [4.78, 5) is 38.7. The number of rotatable bonds is 6. The third-order valence-corrected chi connectivity index (χ3v) is 6.76. The minimum Gasteiger partial charge on any atom is -0.337 e. The van der Waals surface area contributed by atoms with E-state index in [0.29, 0.717) is 16.9 Å². The first-order valence-electron chi connectivity index (χ1n) is 9.93. The van der Waals surface area contributed by atoms with Gasteiger partial charge in [0.1, 0.15) is 6.04 Å². The van der Waals surface area contributed by atoms with Gasteiger partial charge in [-0.3, -0.25) is 19.3 Å². The predicted octanol–water partition coefficient (Wildman–Crippen LogP) is 2.72. The van der Waals surface area contributed by atoms with E-state index in [4.69, 9.17) is 4.52 Å². The van der Waals surface area contributed by atoms with Crippen LogP contribution in [0.15, 0.2) is 57.9 Å². The number of benzene rings is 2. The minimum atomic E-state index is -3.94. The Kier molecular flexibility index (Phi) is 5.50. The number of amides is 3. The van der Waals surface area contributed by atoms with Crippen LogP contribution < -0.4 is 10.0 Å². The summed E-state index contributed by atoms with van der Waals surface area (Å²) in [6.45, 7) is 4.82. The fourth-order valence-electron chi connectivity index (χ4n) is 3.33. The third kappa shape index (κ3) is 3.98. The number of aryl methyl sites for hydroxylation is 1. The molecule has 1 aromatic heterocycles. The monoisotopic (exact) mass is 468 g/mol. The number of hydrogen-bond donors (Lipinski definition) is 2. The Hall–Kier alpha value is -3.99. The van der Waals surface area contributed by atoms with Crippen LogP contribution in [0.4, 0.5) is 11.6 Å². The lowest BCUT2D eigenvalue weighted by atomic mass is 10.1. The Morgan fingerprint density at radius 2 is 1.58 bits per heavy atom. The van der Waals surface area contributed by atoms with E-state index in [-0.39, 0.29) is 21.9 Å². The molecule has 0 saturated heterocycles. The molecule has 4 rings (SSSR count). The molecule has 11 heteroatoms. The van der Waals surface area contributed by atoms with Crippen LogP contribution in [0, 0.1) is 13.8 Å². The highest BCUT2D eigenvalue weighted by molar-refractivity contribution is 7.92. The summed E-state index contributed by atoms with van der Waals surface area (Å²) in [6, 6.07) is 10.7. The van der Waals surface area contributed by atoms with E-state index in [1.165, 1.54) is 43.3 Å². The standard InChI is InChI=1S/C22H20N4O6S/c1-12-13(2)24-32-20(12)25-33(30,31)16-10-8-15(9-11-16)23-19(27)14(3)26-21(28)17-6-4-5-7-18(17)22(26)29/h4-11,14,25H,1-3H3,(H,23,27)/t14-/m1/s1. The summed E-state index contributed by atoms with van der Waals surface area (Å²) in [7, 11) is -3.94. The largest absolute Gasteiger partial charge is 0.337 e. The van der Waals surface area contributed by atoms with Gasteiger partial charge < -0.3 is 9.84 Å². The first kappa shape index (κ1) is 22.2. The Labute approximate surface area is 189 Å². The van der Waals surface area contributed by atoms with E-state index < -0.39 is 33.8 Å². The van der Waals surface area contributed by atoms with Crippen molar-refractivity contribution >= 4 is 39.3 Å². The number of hydrogen-bond acceptors (Lipinski definition) is 7. The van der Waals surface area contributed by atoms with Crippen LogP contribution in [0.5, 0.6) is 0 Å². The molecule has 3 aromatic rings. The topological polar surface area (TPSA) is 139 Å². The van der Waals surface area contributed by atoms with Gasteiger partial charge in [-0.2, -0.15) is 0 Å². The molecular formula is C22H20N4O6S. The molecule has 2 heterocycles. The number of imide groups is 1. The zero-order valence-electron chi connectivity index (χ0n) is 17.9. The zero-order chi connectivity index (χ0) is 23.9. The molecule has 0 bridgehead atoms. The van der Waals surface area contributed by atoms with Crippen molar-refractivity contribution in [3.8, 4) is 0 Å². The van der Waals surface area contributed by atoms with Gasteiger partial charge in [0.15, 0.2) is 0 Å². The Bertz CT molecular complexity index is 1340. The van der Waals surface area contributed by atoms with Crippen LogP contribution in [0.25, 0.3) is 0 Å². The maximum atomic E-state index is 12.7. The van der Waals surface area contributed by atoms with Gasteiger partial charge in [0.2, 0.25) is 11.8 Å². The van der Waals surface area contributed by atoms with Crippen LogP contribution in [0.3, 0.4) is 0 Å². The van der Waals surface area contributed by atoms with Gasteiger partial charge in [0.05, 0.1) is 21.7 Å². The highest BCUT2D eigenvalue weighted by Crippen LogP contribution is 2.26. The highest BCUT2D eigenvalue weighted by atomic mass is 32.2. The first-order chi connectivity index (χ1) is 15.6. The van der Waals surface area contributed by atoms with Crippen LogP contribution >= 0.6 is 0 Å². The summed E-state index contributed by atoms with van der Waals surface area (Å²) >= 11 is 0. The van der Waals surface area contributed by atoms with Gasteiger partial charge in [-0.1, -0.05) is 17.3 Å². The summed E-state index contributed by atoms with van der Waals surface area (Å²) < 4.78 is 32.5. The van der Waals surface area contributed by atoms with E-state index >= 15 is 0 Å². The van der Waals surface area contributed by atoms with E-state index in [2.05, 4.69) is 15.2 Å². The second kappa shape index (κ2) is 8.17. The molecule has 2 aromatic carbocycles. The number of carbonyl (C=O) groups excluding carboxylic acids is 3. The maximum absolute atomic E-state index is 12.7. The number of fused-ring (bicyclic) bond motifs is 1. The van der Waals surface area contributed by atoms with Crippen molar-refractivity contribution in [2.75, 3.05) is 10.0 Å². The lowest BCUT2D eigenvalue weighted by molar-refractivity contribution is -0.119. The second-order valence-electron chi connectivity index (χ2n) is 7.54. The number of nitrogens with one attached hydrogen (secondary N) is 2. The molecule has 1 aliphatic heterocycles. The normalized spacial score (nSPS) is 14.2. The quantitative estimate of drug-likeness (QED) is 0.530. The molecule has 0 radical (unpaired) electrons. The van der Waals surface area contributed by atoms with Gasteiger partial charge in [0.25, 0.3) is 21.8 Å². The van der Waals surface area contributed by atoms with Crippen LogP contribution in [-0.4, -0.2) is 42.2 Å². The second-order valence-corrected chi connectivity index (χ2v) is 9.23. The minimum absolute atomic E-state index is 0.0275. The molecule has 10 nitrogen and oxygen atoms in total. The summed E-state index contributed by atoms with van der Waals surface area (Å²) in [5.74, 6) is -1.64. The molecule has 0 aliphatic carbocycles. The van der Waals surface area contributed by atoms with E-state index in [1.807, 2.05) is 0 Å². The molecule has 0 unspecified atom stereocenters. The van der Waals surface area contributed by atoms with Crippen molar-refractivity contribution in [1.29, 1.82) is 0 Å². The number of nitrogens with zero attached hydrogens (tertiary/aromatic N) is 2. The number of carbonyl (C=O) groups is 3. The van der Waals surface area contributed by atoms with Crippen molar-refractivity contribution in [2.45, 2.75) is 31.7 Å². The van der Waals surface area contributed by atoms with E-state index in [9.17, 15) is 22.8 Å². The molecule has 3 amide bonds. The SMILES string of the molecule is Cc1noc(NS(=O)(=O)c2ccc(NC(=O)[C@@H](C)N3C(=O)c4ccccc4C3=O)cc2)c1C. The van der Waals surface area contributed by atoms with Crippen molar-refractivity contribution in [3.05, 3.63) is 70.9 Å². The van der Waals surface area contributed by atoms with Crippen molar-refractivity contribution < 1.29 is 27.3 Å². The van der Waals surface area contributed by atoms with E-state index in [0.717, 1.165) is 4.90 Å². The molecule has 33 heavy (non-hydrogen) atoms. The number of anilines is 2. The maximum Gasteiger partial charge on any atom is 0.264 e. The van der Waals surface area contributed by atoms with Crippen molar-refractivity contribution in [1.82, 2.24) is 10.1 Å². The fraction of sp³-hybridized carbons (Fsp3) is 0.182. The molecule has 1 aliphatic rings. The molecule has 0 spiro atoms. The Morgan fingerprint density at radius 3 is 2.09 bits per heavy atom. The Balaban J connectivity index is 1.46.